The minimum absolute atomic E-state index is 0.0425. The van der Waals surface area contributed by atoms with E-state index >= 15 is 0 Å². The minimum atomic E-state index is -0.311. The van der Waals surface area contributed by atoms with Gasteiger partial charge >= 0.3 is 5.97 Å². The molecular weight excluding hydrogens is 242 g/mol. The zero-order valence-corrected chi connectivity index (χ0v) is 12.9. The summed E-state index contributed by atoms with van der Waals surface area (Å²) in [6.45, 7) is 9.02. The van der Waals surface area contributed by atoms with Crippen molar-refractivity contribution in [3.63, 3.8) is 0 Å². The molecule has 1 amide bonds. The van der Waals surface area contributed by atoms with E-state index in [1.807, 2.05) is 13.8 Å². The Bertz CT molecular complexity index is 266. The fraction of sp³-hybridized carbons (Fsp3) is 0.867. The van der Waals surface area contributed by atoms with Crippen LogP contribution in [0.2, 0.25) is 0 Å². The number of carbonyl (C=O) groups is 2. The van der Waals surface area contributed by atoms with Gasteiger partial charge in [-0.1, -0.05) is 33.6 Å². The number of unbranched alkanes of at least 4 members (excludes halogenated alkanes) is 1. The Kier molecular flexibility index (Phi) is 10.2. The number of amides is 1. The lowest BCUT2D eigenvalue weighted by Crippen LogP contribution is -2.40. The second-order valence-corrected chi connectivity index (χ2v) is 4.81. The van der Waals surface area contributed by atoms with E-state index in [0.717, 1.165) is 32.1 Å². The maximum absolute atomic E-state index is 12.4. The molecule has 1 atom stereocenters. The van der Waals surface area contributed by atoms with Gasteiger partial charge in [0.25, 0.3) is 0 Å². The molecular formula is C15H29NO3. The molecule has 1 unspecified atom stereocenters. The largest absolute Gasteiger partial charge is 0.465 e. The lowest BCUT2D eigenvalue weighted by molar-refractivity contribution is -0.150. The van der Waals surface area contributed by atoms with Gasteiger partial charge in [-0.3, -0.25) is 9.59 Å². The lowest BCUT2D eigenvalue weighted by atomic mass is 9.97. The van der Waals surface area contributed by atoms with Gasteiger partial charge < -0.3 is 9.64 Å². The van der Waals surface area contributed by atoms with Crippen LogP contribution < -0.4 is 0 Å². The predicted octanol–water partition coefficient (Wildman–Crippen LogP) is 3.00. The monoisotopic (exact) mass is 271 g/mol. The molecule has 0 N–H and O–H groups in total. The van der Waals surface area contributed by atoms with Crippen molar-refractivity contribution in [3.8, 4) is 0 Å². The van der Waals surface area contributed by atoms with E-state index in [9.17, 15) is 9.59 Å². The second kappa shape index (κ2) is 10.8. The molecule has 0 aliphatic rings. The van der Waals surface area contributed by atoms with E-state index in [0.29, 0.717) is 13.2 Å². The van der Waals surface area contributed by atoms with Crippen molar-refractivity contribution in [2.45, 2.75) is 59.8 Å². The average molecular weight is 271 g/mol. The summed E-state index contributed by atoms with van der Waals surface area (Å²) in [5.74, 6) is -0.165. The number of ether oxygens (including phenoxy) is 1. The zero-order chi connectivity index (χ0) is 14.7. The van der Waals surface area contributed by atoms with Crippen LogP contribution in [-0.4, -0.2) is 36.5 Å². The van der Waals surface area contributed by atoms with Crippen molar-refractivity contribution in [1.82, 2.24) is 4.90 Å². The predicted molar refractivity (Wildman–Crippen MR) is 76.8 cm³/mol. The average Bonchev–Trinajstić information content (AvgIpc) is 2.39. The van der Waals surface area contributed by atoms with Crippen LogP contribution in [0.1, 0.15) is 59.8 Å². The van der Waals surface area contributed by atoms with Crippen LogP contribution >= 0.6 is 0 Å². The van der Waals surface area contributed by atoms with Gasteiger partial charge in [0.15, 0.2) is 0 Å². The summed E-state index contributed by atoms with van der Waals surface area (Å²) in [6, 6.07) is 0. The first kappa shape index (κ1) is 17.9. The van der Waals surface area contributed by atoms with E-state index < -0.39 is 0 Å². The number of carbonyl (C=O) groups excluding carboxylic acids is 2. The third kappa shape index (κ3) is 7.19. The van der Waals surface area contributed by atoms with E-state index in [1.165, 1.54) is 0 Å². The summed E-state index contributed by atoms with van der Waals surface area (Å²) in [5.41, 5.74) is 0. The van der Waals surface area contributed by atoms with Crippen molar-refractivity contribution < 1.29 is 14.3 Å². The third-order valence-corrected chi connectivity index (χ3v) is 3.18. The van der Waals surface area contributed by atoms with Gasteiger partial charge in [0.1, 0.15) is 6.54 Å². The minimum Gasteiger partial charge on any atom is -0.465 e. The lowest BCUT2D eigenvalue weighted by Gasteiger charge is -2.25. The van der Waals surface area contributed by atoms with E-state index in [2.05, 4.69) is 6.92 Å². The van der Waals surface area contributed by atoms with Crippen LogP contribution in [-0.2, 0) is 14.3 Å². The first-order valence-electron chi connectivity index (χ1n) is 7.54. The van der Waals surface area contributed by atoms with E-state index in [1.54, 1.807) is 11.8 Å². The van der Waals surface area contributed by atoms with Gasteiger partial charge in [-0.05, 0) is 26.2 Å². The van der Waals surface area contributed by atoms with Crippen molar-refractivity contribution in [2.24, 2.45) is 5.92 Å². The van der Waals surface area contributed by atoms with Crippen molar-refractivity contribution >= 4 is 11.9 Å². The SMILES string of the molecule is CCCCC(CC)C(=O)N(CCC)CC(=O)OCC. The van der Waals surface area contributed by atoms with Crippen LogP contribution in [0.4, 0.5) is 0 Å². The standard InChI is InChI=1S/C15H29NO3/c1-5-9-10-13(7-3)15(18)16(11-6-2)12-14(17)19-8-4/h13H,5-12H2,1-4H3. The molecule has 0 fully saturated rings. The van der Waals surface area contributed by atoms with Gasteiger partial charge in [0.05, 0.1) is 6.61 Å². The number of rotatable bonds is 10. The fourth-order valence-corrected chi connectivity index (χ4v) is 2.11. The third-order valence-electron chi connectivity index (χ3n) is 3.18. The molecule has 0 heterocycles. The zero-order valence-electron chi connectivity index (χ0n) is 12.9. The quantitative estimate of drug-likeness (QED) is 0.574. The molecule has 0 saturated heterocycles. The van der Waals surface area contributed by atoms with E-state index in [-0.39, 0.29) is 24.3 Å². The van der Waals surface area contributed by atoms with Gasteiger partial charge in [0.2, 0.25) is 5.91 Å². The van der Waals surface area contributed by atoms with Gasteiger partial charge in [0, 0.05) is 12.5 Å². The van der Waals surface area contributed by atoms with Crippen molar-refractivity contribution in [1.29, 1.82) is 0 Å². The normalized spacial score (nSPS) is 12.0. The molecule has 0 spiro atoms. The van der Waals surface area contributed by atoms with Crippen molar-refractivity contribution in [3.05, 3.63) is 0 Å². The number of nitrogens with zero attached hydrogens (tertiary/aromatic N) is 1. The summed E-state index contributed by atoms with van der Waals surface area (Å²) < 4.78 is 4.93. The molecule has 0 bridgehead atoms. The molecule has 19 heavy (non-hydrogen) atoms. The smallest absolute Gasteiger partial charge is 0.325 e. The van der Waals surface area contributed by atoms with Crippen LogP contribution in [0.15, 0.2) is 0 Å². The Hall–Kier alpha value is -1.06. The molecule has 0 aromatic carbocycles. The summed E-state index contributed by atoms with van der Waals surface area (Å²) >= 11 is 0. The molecule has 4 nitrogen and oxygen atoms in total. The fourth-order valence-electron chi connectivity index (χ4n) is 2.11. The Balaban J connectivity index is 4.55. The topological polar surface area (TPSA) is 46.6 Å². The van der Waals surface area contributed by atoms with Gasteiger partial charge in [-0.25, -0.2) is 0 Å². The van der Waals surface area contributed by atoms with Crippen LogP contribution in [0, 0.1) is 5.92 Å². The maximum atomic E-state index is 12.4. The first-order valence-corrected chi connectivity index (χ1v) is 7.54. The summed E-state index contributed by atoms with van der Waals surface area (Å²) in [6.07, 6.45) is 4.76. The number of esters is 1. The molecule has 0 saturated carbocycles. The Morgan fingerprint density at radius 3 is 2.26 bits per heavy atom. The highest BCUT2D eigenvalue weighted by Crippen LogP contribution is 2.16. The molecule has 112 valence electrons. The highest BCUT2D eigenvalue weighted by Gasteiger charge is 2.24. The molecule has 4 heteroatoms. The highest BCUT2D eigenvalue weighted by molar-refractivity contribution is 5.83. The highest BCUT2D eigenvalue weighted by atomic mass is 16.5. The molecule has 0 aromatic rings. The molecule has 0 aliphatic carbocycles. The van der Waals surface area contributed by atoms with Gasteiger partial charge in [-0.2, -0.15) is 0 Å². The maximum Gasteiger partial charge on any atom is 0.325 e. The van der Waals surface area contributed by atoms with E-state index in [4.69, 9.17) is 4.74 Å². The summed E-state index contributed by atoms with van der Waals surface area (Å²) in [7, 11) is 0. The molecule has 0 rings (SSSR count). The second-order valence-electron chi connectivity index (χ2n) is 4.81. The molecule has 0 aromatic heterocycles. The van der Waals surface area contributed by atoms with Gasteiger partial charge in [-0.15, -0.1) is 0 Å². The van der Waals surface area contributed by atoms with Crippen LogP contribution in [0.3, 0.4) is 0 Å². The Morgan fingerprint density at radius 1 is 1.11 bits per heavy atom. The summed E-state index contributed by atoms with van der Waals surface area (Å²) in [5, 5.41) is 0. The number of hydrogen-bond acceptors (Lipinski definition) is 3. The molecule has 0 radical (unpaired) electrons. The van der Waals surface area contributed by atoms with Crippen molar-refractivity contribution in [2.75, 3.05) is 19.7 Å². The Labute approximate surface area is 117 Å². The summed E-state index contributed by atoms with van der Waals surface area (Å²) in [4.78, 5) is 25.6. The molecule has 0 aliphatic heterocycles. The first-order chi connectivity index (χ1) is 9.10. The number of hydrogen-bond donors (Lipinski definition) is 0. The van der Waals surface area contributed by atoms with Crippen LogP contribution in [0.25, 0.3) is 0 Å². The van der Waals surface area contributed by atoms with Crippen LogP contribution in [0.5, 0.6) is 0 Å². The Morgan fingerprint density at radius 2 is 1.79 bits per heavy atom.